The van der Waals surface area contributed by atoms with Crippen molar-refractivity contribution in [3.8, 4) is 0 Å². The van der Waals surface area contributed by atoms with Gasteiger partial charge in [0.15, 0.2) is 11.8 Å². The minimum atomic E-state index is 0. The Bertz CT molecular complexity index is 443. The molecule has 0 saturated heterocycles. The SMILES string of the molecule is CCCCNC(=NCc1nnc2n1CCCC2)NCC.I. The second-order valence-corrected chi connectivity index (χ2v) is 5.12. The van der Waals surface area contributed by atoms with Gasteiger partial charge in [-0.3, -0.25) is 0 Å². The van der Waals surface area contributed by atoms with Crippen molar-refractivity contribution in [2.75, 3.05) is 13.1 Å². The second kappa shape index (κ2) is 9.97. The summed E-state index contributed by atoms with van der Waals surface area (Å²) in [5.41, 5.74) is 0. The lowest BCUT2D eigenvalue weighted by atomic mass is 10.2. The van der Waals surface area contributed by atoms with Crippen LogP contribution in [0.4, 0.5) is 0 Å². The average molecular weight is 406 g/mol. The Balaban J connectivity index is 0.00000220. The fourth-order valence-corrected chi connectivity index (χ4v) is 2.36. The number of fused-ring (bicyclic) bond motifs is 1. The number of hydrogen-bond donors (Lipinski definition) is 2. The zero-order chi connectivity index (χ0) is 14.2. The number of hydrogen-bond acceptors (Lipinski definition) is 3. The molecule has 6 nitrogen and oxygen atoms in total. The molecule has 2 rings (SSSR count). The van der Waals surface area contributed by atoms with E-state index in [9.17, 15) is 0 Å². The lowest BCUT2D eigenvalue weighted by Gasteiger charge is -2.14. The number of rotatable bonds is 6. The minimum absolute atomic E-state index is 0. The number of nitrogens with zero attached hydrogens (tertiary/aromatic N) is 4. The van der Waals surface area contributed by atoms with E-state index in [0.717, 1.165) is 50.1 Å². The van der Waals surface area contributed by atoms with Gasteiger partial charge in [0.2, 0.25) is 0 Å². The molecular formula is C14H27IN6. The largest absolute Gasteiger partial charge is 0.357 e. The Hall–Kier alpha value is -0.860. The highest BCUT2D eigenvalue weighted by Crippen LogP contribution is 2.14. The highest BCUT2D eigenvalue weighted by Gasteiger charge is 2.15. The molecule has 0 saturated carbocycles. The van der Waals surface area contributed by atoms with E-state index >= 15 is 0 Å². The number of guanidine groups is 1. The molecule has 0 radical (unpaired) electrons. The van der Waals surface area contributed by atoms with Gasteiger partial charge in [0.05, 0.1) is 0 Å². The van der Waals surface area contributed by atoms with Gasteiger partial charge in [-0.25, -0.2) is 4.99 Å². The molecule has 0 unspecified atom stereocenters. The Morgan fingerprint density at radius 2 is 2.10 bits per heavy atom. The monoisotopic (exact) mass is 406 g/mol. The fourth-order valence-electron chi connectivity index (χ4n) is 2.36. The van der Waals surface area contributed by atoms with Crippen molar-refractivity contribution in [3.63, 3.8) is 0 Å². The third-order valence-electron chi connectivity index (χ3n) is 3.48. The van der Waals surface area contributed by atoms with Crippen molar-refractivity contribution in [2.45, 2.75) is 59.0 Å². The number of unbranched alkanes of at least 4 members (excludes halogenated alkanes) is 1. The van der Waals surface area contributed by atoms with Gasteiger partial charge in [0.25, 0.3) is 0 Å². The third kappa shape index (κ3) is 5.44. The molecule has 2 N–H and O–H groups in total. The summed E-state index contributed by atoms with van der Waals surface area (Å²) in [4.78, 5) is 4.61. The van der Waals surface area contributed by atoms with Gasteiger partial charge in [0.1, 0.15) is 12.4 Å². The molecule has 1 aromatic rings. The molecule has 0 spiro atoms. The normalized spacial score (nSPS) is 14.3. The molecule has 0 aliphatic carbocycles. The maximum atomic E-state index is 4.61. The molecule has 21 heavy (non-hydrogen) atoms. The standard InChI is InChI=1S/C14H26N6.HI/c1-3-5-9-16-14(15-4-2)17-11-13-19-18-12-8-6-7-10-20(12)13;/h3-11H2,1-2H3,(H2,15,16,17);1H. The first-order valence-electron chi connectivity index (χ1n) is 7.78. The summed E-state index contributed by atoms with van der Waals surface area (Å²) in [5.74, 6) is 2.96. The molecular weight excluding hydrogens is 379 g/mol. The first-order valence-corrected chi connectivity index (χ1v) is 7.78. The summed E-state index contributed by atoms with van der Waals surface area (Å²) >= 11 is 0. The molecule has 0 atom stereocenters. The Morgan fingerprint density at radius 1 is 1.24 bits per heavy atom. The maximum absolute atomic E-state index is 4.61. The summed E-state index contributed by atoms with van der Waals surface area (Å²) in [6, 6.07) is 0. The van der Waals surface area contributed by atoms with Gasteiger partial charge in [-0.05, 0) is 26.2 Å². The predicted octanol–water partition coefficient (Wildman–Crippen LogP) is 2.09. The molecule has 1 aliphatic rings. The molecule has 0 amide bonds. The van der Waals surface area contributed by atoms with Crippen LogP contribution in [-0.4, -0.2) is 33.8 Å². The number of nitrogens with one attached hydrogen (secondary N) is 2. The summed E-state index contributed by atoms with van der Waals surface area (Å²) in [6.07, 6.45) is 5.83. The van der Waals surface area contributed by atoms with Crippen LogP contribution in [0, 0.1) is 0 Å². The Labute approximate surface area is 144 Å². The van der Waals surface area contributed by atoms with Crippen LogP contribution in [-0.2, 0) is 19.5 Å². The highest BCUT2D eigenvalue weighted by molar-refractivity contribution is 14.0. The van der Waals surface area contributed by atoms with Crippen LogP contribution in [0.25, 0.3) is 0 Å². The molecule has 1 aliphatic heterocycles. The topological polar surface area (TPSA) is 67.1 Å². The van der Waals surface area contributed by atoms with E-state index in [1.165, 1.54) is 19.3 Å². The first-order chi connectivity index (χ1) is 9.85. The zero-order valence-electron chi connectivity index (χ0n) is 13.1. The van der Waals surface area contributed by atoms with E-state index in [1.54, 1.807) is 0 Å². The van der Waals surface area contributed by atoms with Crippen molar-refractivity contribution in [3.05, 3.63) is 11.6 Å². The van der Waals surface area contributed by atoms with E-state index in [0.29, 0.717) is 6.54 Å². The van der Waals surface area contributed by atoms with E-state index in [2.05, 4.69) is 44.2 Å². The summed E-state index contributed by atoms with van der Waals surface area (Å²) in [7, 11) is 0. The molecule has 0 fully saturated rings. The smallest absolute Gasteiger partial charge is 0.191 e. The number of aryl methyl sites for hydroxylation is 1. The summed E-state index contributed by atoms with van der Waals surface area (Å²) in [6.45, 7) is 7.72. The Kier molecular flexibility index (Phi) is 8.63. The van der Waals surface area contributed by atoms with Gasteiger partial charge < -0.3 is 15.2 Å². The van der Waals surface area contributed by atoms with Crippen molar-refractivity contribution in [1.82, 2.24) is 25.4 Å². The maximum Gasteiger partial charge on any atom is 0.191 e. The number of aliphatic imine (C=N–C) groups is 1. The van der Waals surface area contributed by atoms with Crippen LogP contribution in [0.1, 0.15) is 51.2 Å². The van der Waals surface area contributed by atoms with E-state index in [1.807, 2.05) is 0 Å². The van der Waals surface area contributed by atoms with Crippen LogP contribution in [0.15, 0.2) is 4.99 Å². The first kappa shape index (κ1) is 18.2. The van der Waals surface area contributed by atoms with Crippen LogP contribution in [0.3, 0.4) is 0 Å². The van der Waals surface area contributed by atoms with Gasteiger partial charge in [0, 0.05) is 26.1 Å². The molecule has 120 valence electrons. The zero-order valence-corrected chi connectivity index (χ0v) is 15.4. The molecule has 0 bridgehead atoms. The number of aromatic nitrogens is 3. The van der Waals surface area contributed by atoms with Crippen molar-refractivity contribution in [1.29, 1.82) is 0 Å². The average Bonchev–Trinajstić information content (AvgIpc) is 2.88. The van der Waals surface area contributed by atoms with Crippen molar-refractivity contribution < 1.29 is 0 Å². The van der Waals surface area contributed by atoms with Crippen molar-refractivity contribution >= 4 is 29.9 Å². The van der Waals surface area contributed by atoms with Gasteiger partial charge in [-0.2, -0.15) is 0 Å². The number of halogens is 1. The van der Waals surface area contributed by atoms with Crippen LogP contribution < -0.4 is 10.6 Å². The predicted molar refractivity (Wildman–Crippen MR) is 96.1 cm³/mol. The molecule has 0 aromatic carbocycles. The van der Waals surface area contributed by atoms with E-state index in [-0.39, 0.29) is 24.0 Å². The van der Waals surface area contributed by atoms with Gasteiger partial charge in [-0.15, -0.1) is 34.2 Å². The minimum Gasteiger partial charge on any atom is -0.357 e. The second-order valence-electron chi connectivity index (χ2n) is 5.12. The summed E-state index contributed by atoms with van der Waals surface area (Å²) in [5, 5.41) is 15.1. The highest BCUT2D eigenvalue weighted by atomic mass is 127. The fraction of sp³-hybridized carbons (Fsp3) is 0.786. The van der Waals surface area contributed by atoms with Crippen LogP contribution >= 0.6 is 24.0 Å². The third-order valence-corrected chi connectivity index (χ3v) is 3.48. The summed E-state index contributed by atoms with van der Waals surface area (Å²) < 4.78 is 2.22. The molecule has 2 heterocycles. The van der Waals surface area contributed by atoms with Crippen molar-refractivity contribution in [2.24, 2.45) is 4.99 Å². The lowest BCUT2D eigenvalue weighted by molar-refractivity contribution is 0.508. The molecule has 7 heteroatoms. The molecule has 1 aromatic heterocycles. The van der Waals surface area contributed by atoms with E-state index in [4.69, 9.17) is 0 Å². The lowest BCUT2D eigenvalue weighted by Crippen LogP contribution is -2.37. The van der Waals surface area contributed by atoms with Gasteiger partial charge in [-0.1, -0.05) is 13.3 Å². The van der Waals surface area contributed by atoms with Crippen LogP contribution in [0.5, 0.6) is 0 Å². The Morgan fingerprint density at radius 3 is 2.86 bits per heavy atom. The quantitative estimate of drug-likeness (QED) is 0.329. The van der Waals surface area contributed by atoms with E-state index < -0.39 is 0 Å². The van der Waals surface area contributed by atoms with Crippen LogP contribution in [0.2, 0.25) is 0 Å². The van der Waals surface area contributed by atoms with Gasteiger partial charge >= 0.3 is 0 Å².